The Morgan fingerprint density at radius 2 is 2.16 bits per heavy atom. The van der Waals surface area contributed by atoms with Gasteiger partial charge in [0.25, 0.3) is 0 Å². The number of nitrogens with zero attached hydrogens (tertiary/aromatic N) is 1. The maximum Gasteiger partial charge on any atom is 0.243 e. The second kappa shape index (κ2) is 8.08. The molecular weight excluding hydrogens is 288 g/mol. The van der Waals surface area contributed by atoms with Gasteiger partial charge in [0.1, 0.15) is 0 Å². The molecule has 108 valence electrons. The first kappa shape index (κ1) is 17.8. The summed E-state index contributed by atoms with van der Waals surface area (Å²) in [5.41, 5.74) is 11.4. The van der Waals surface area contributed by atoms with E-state index in [9.17, 15) is 9.59 Å². The summed E-state index contributed by atoms with van der Waals surface area (Å²) in [7, 11) is 0. The number of aromatic nitrogens is 1. The van der Waals surface area contributed by atoms with Gasteiger partial charge in [-0.05, 0) is 5.92 Å². The highest BCUT2D eigenvalue weighted by atomic mass is 35.5. The van der Waals surface area contributed by atoms with Crippen LogP contribution in [0.4, 0.5) is 5.13 Å². The maximum atomic E-state index is 11.8. The van der Waals surface area contributed by atoms with Gasteiger partial charge in [0.2, 0.25) is 11.8 Å². The van der Waals surface area contributed by atoms with Crippen LogP contribution in [0.15, 0.2) is 5.38 Å². The van der Waals surface area contributed by atoms with Gasteiger partial charge in [0.15, 0.2) is 5.13 Å². The highest BCUT2D eigenvalue weighted by Crippen LogP contribution is 2.17. The van der Waals surface area contributed by atoms with Crippen molar-refractivity contribution in [2.45, 2.75) is 32.7 Å². The quantitative estimate of drug-likeness (QED) is 0.725. The van der Waals surface area contributed by atoms with Crippen LogP contribution in [-0.2, 0) is 16.0 Å². The summed E-state index contributed by atoms with van der Waals surface area (Å²) >= 11 is 1.25. The Morgan fingerprint density at radius 1 is 1.53 bits per heavy atom. The lowest BCUT2D eigenvalue weighted by Crippen LogP contribution is -2.40. The third-order valence-electron chi connectivity index (χ3n) is 2.70. The summed E-state index contributed by atoms with van der Waals surface area (Å²) in [6.07, 6.45) is 0.906. The summed E-state index contributed by atoms with van der Waals surface area (Å²) in [4.78, 5) is 26.6. The van der Waals surface area contributed by atoms with E-state index in [-0.39, 0.29) is 30.7 Å². The van der Waals surface area contributed by atoms with Gasteiger partial charge in [-0.25, -0.2) is 4.98 Å². The fraction of sp³-hybridized carbons (Fsp3) is 0.545. The van der Waals surface area contributed by atoms with Crippen molar-refractivity contribution < 1.29 is 9.59 Å². The van der Waals surface area contributed by atoms with Gasteiger partial charge in [0, 0.05) is 5.38 Å². The summed E-state index contributed by atoms with van der Waals surface area (Å²) in [5.74, 6) is -0.603. The molecule has 8 heteroatoms. The Hall–Kier alpha value is -1.18. The number of carbonyl (C=O) groups excluding carboxylic acids is 2. The Labute approximate surface area is 122 Å². The van der Waals surface area contributed by atoms with E-state index in [0.717, 1.165) is 6.42 Å². The molecule has 0 saturated carbocycles. The van der Waals surface area contributed by atoms with Crippen molar-refractivity contribution in [3.63, 3.8) is 0 Å². The molecular formula is C11H19ClN4O2S. The number of primary amides is 1. The minimum Gasteiger partial charge on any atom is -0.369 e. The van der Waals surface area contributed by atoms with Gasteiger partial charge in [-0.2, -0.15) is 0 Å². The van der Waals surface area contributed by atoms with Crippen LogP contribution in [0, 0.1) is 5.92 Å². The summed E-state index contributed by atoms with van der Waals surface area (Å²) in [5, 5.41) is 4.77. The standard InChI is InChI=1S/C11H18N4O2S.ClH/c1-3-6(2)9(13)10(17)15-11-14-7(5-18-11)4-8(12)16;/h5-6,9H,3-4,13H2,1-2H3,(H2,12,16)(H,14,15,17);1H. The fourth-order valence-corrected chi connectivity index (χ4v) is 2.04. The Morgan fingerprint density at radius 3 is 2.68 bits per heavy atom. The molecule has 19 heavy (non-hydrogen) atoms. The van der Waals surface area contributed by atoms with Crippen LogP contribution in [0.1, 0.15) is 26.0 Å². The molecule has 0 aliphatic heterocycles. The topological polar surface area (TPSA) is 111 Å². The lowest BCUT2D eigenvalue weighted by atomic mass is 10.00. The number of nitrogens with two attached hydrogens (primary N) is 2. The van der Waals surface area contributed by atoms with Gasteiger partial charge in [-0.1, -0.05) is 20.3 Å². The zero-order chi connectivity index (χ0) is 13.7. The van der Waals surface area contributed by atoms with Crippen LogP contribution in [0.2, 0.25) is 0 Å². The van der Waals surface area contributed by atoms with Crippen molar-refractivity contribution in [3.8, 4) is 0 Å². The largest absolute Gasteiger partial charge is 0.369 e. The van der Waals surface area contributed by atoms with Crippen molar-refractivity contribution in [1.29, 1.82) is 0 Å². The number of rotatable bonds is 6. The van der Waals surface area contributed by atoms with Crippen LogP contribution in [0.5, 0.6) is 0 Å². The van der Waals surface area contributed by atoms with Crippen LogP contribution >= 0.6 is 23.7 Å². The number of hydrogen-bond acceptors (Lipinski definition) is 5. The zero-order valence-corrected chi connectivity index (χ0v) is 12.5. The van der Waals surface area contributed by atoms with Gasteiger partial charge in [-0.3, -0.25) is 9.59 Å². The second-order valence-corrected chi connectivity index (χ2v) is 5.05. The summed E-state index contributed by atoms with van der Waals surface area (Å²) in [6, 6.07) is -0.557. The molecule has 1 heterocycles. The lowest BCUT2D eigenvalue weighted by Gasteiger charge is -2.16. The fourth-order valence-electron chi connectivity index (χ4n) is 1.33. The Bertz CT molecular complexity index is 438. The monoisotopic (exact) mass is 306 g/mol. The van der Waals surface area contributed by atoms with Crippen LogP contribution in [0.25, 0.3) is 0 Å². The minimum atomic E-state index is -0.557. The second-order valence-electron chi connectivity index (χ2n) is 4.19. The van der Waals surface area contributed by atoms with E-state index in [2.05, 4.69) is 10.3 Å². The number of anilines is 1. The van der Waals surface area contributed by atoms with Crippen LogP contribution in [-0.4, -0.2) is 22.8 Å². The number of carbonyl (C=O) groups is 2. The number of amides is 2. The molecule has 0 radical (unpaired) electrons. The van der Waals surface area contributed by atoms with Gasteiger partial charge in [-0.15, -0.1) is 23.7 Å². The molecule has 5 N–H and O–H groups in total. The molecule has 6 nitrogen and oxygen atoms in total. The van der Waals surface area contributed by atoms with Crippen LogP contribution in [0.3, 0.4) is 0 Å². The Balaban J connectivity index is 0.00000324. The van der Waals surface area contributed by atoms with E-state index >= 15 is 0 Å². The number of nitrogens with one attached hydrogen (secondary N) is 1. The number of halogens is 1. The molecule has 1 aromatic rings. The van der Waals surface area contributed by atoms with Gasteiger partial charge in [0.05, 0.1) is 18.2 Å². The average molecular weight is 307 g/mol. The van der Waals surface area contributed by atoms with Crippen LogP contribution < -0.4 is 16.8 Å². The average Bonchev–Trinajstić information content (AvgIpc) is 2.73. The van der Waals surface area contributed by atoms with E-state index in [0.29, 0.717) is 10.8 Å². The van der Waals surface area contributed by atoms with Gasteiger partial charge < -0.3 is 16.8 Å². The first-order valence-electron chi connectivity index (χ1n) is 5.73. The molecule has 1 rings (SSSR count). The molecule has 0 aromatic carbocycles. The predicted octanol–water partition coefficient (Wildman–Crippen LogP) is 0.905. The first-order valence-corrected chi connectivity index (χ1v) is 6.61. The maximum absolute atomic E-state index is 11.8. The van der Waals surface area contributed by atoms with E-state index < -0.39 is 11.9 Å². The van der Waals surface area contributed by atoms with E-state index in [1.165, 1.54) is 11.3 Å². The molecule has 0 fully saturated rings. The smallest absolute Gasteiger partial charge is 0.243 e. The third-order valence-corrected chi connectivity index (χ3v) is 3.50. The Kier molecular flexibility index (Phi) is 7.58. The number of hydrogen-bond donors (Lipinski definition) is 3. The highest BCUT2D eigenvalue weighted by Gasteiger charge is 2.20. The zero-order valence-electron chi connectivity index (χ0n) is 10.9. The third kappa shape index (κ3) is 5.54. The van der Waals surface area contributed by atoms with Crippen molar-refractivity contribution >= 4 is 40.7 Å². The lowest BCUT2D eigenvalue weighted by molar-refractivity contribution is -0.118. The molecule has 0 aliphatic rings. The molecule has 0 saturated heterocycles. The molecule has 0 spiro atoms. The SMILES string of the molecule is CCC(C)C(N)C(=O)Nc1nc(CC(N)=O)cs1.Cl. The van der Waals surface area contributed by atoms with Crippen molar-refractivity contribution in [2.75, 3.05) is 5.32 Å². The van der Waals surface area contributed by atoms with E-state index in [4.69, 9.17) is 11.5 Å². The molecule has 1 aromatic heterocycles. The minimum absolute atomic E-state index is 0. The highest BCUT2D eigenvalue weighted by molar-refractivity contribution is 7.13. The van der Waals surface area contributed by atoms with Gasteiger partial charge >= 0.3 is 0 Å². The van der Waals surface area contributed by atoms with Crippen molar-refractivity contribution in [3.05, 3.63) is 11.1 Å². The molecule has 0 bridgehead atoms. The first-order chi connectivity index (χ1) is 8.43. The predicted molar refractivity (Wildman–Crippen MR) is 78.3 cm³/mol. The van der Waals surface area contributed by atoms with Crippen molar-refractivity contribution in [1.82, 2.24) is 4.98 Å². The van der Waals surface area contributed by atoms with E-state index in [1.807, 2.05) is 13.8 Å². The molecule has 2 atom stereocenters. The summed E-state index contributed by atoms with van der Waals surface area (Å²) < 4.78 is 0. The molecule has 2 unspecified atom stereocenters. The molecule has 0 aliphatic carbocycles. The normalized spacial score (nSPS) is 13.2. The summed E-state index contributed by atoms with van der Waals surface area (Å²) in [6.45, 7) is 3.90. The number of thiazole rings is 1. The van der Waals surface area contributed by atoms with E-state index in [1.54, 1.807) is 5.38 Å². The molecule has 2 amide bonds. The van der Waals surface area contributed by atoms with Crippen molar-refractivity contribution in [2.24, 2.45) is 17.4 Å².